The maximum Gasteiger partial charge on any atom is 0.320 e. The van der Waals surface area contributed by atoms with Crippen LogP contribution < -0.4 is 0 Å². The van der Waals surface area contributed by atoms with Gasteiger partial charge in [-0.15, -0.1) is 11.8 Å². The van der Waals surface area contributed by atoms with Crippen LogP contribution >= 0.6 is 23.4 Å². The zero-order valence-corrected chi connectivity index (χ0v) is 17.7. The number of esters is 2. The molecule has 0 radical (unpaired) electrons. The van der Waals surface area contributed by atoms with E-state index in [0.717, 1.165) is 21.2 Å². The SMILES string of the molecule is COC(=O)C(CC(Sc1ccc(Cl)cc1)c1cccc2ccccc12)C(=O)OC. The molecule has 3 aromatic rings. The number of carbonyl (C=O) groups is 2. The second kappa shape index (κ2) is 9.81. The molecule has 0 saturated heterocycles. The van der Waals surface area contributed by atoms with Crippen molar-refractivity contribution in [1.29, 1.82) is 0 Å². The summed E-state index contributed by atoms with van der Waals surface area (Å²) in [5.41, 5.74) is 1.04. The topological polar surface area (TPSA) is 52.6 Å². The van der Waals surface area contributed by atoms with Crippen molar-refractivity contribution in [2.75, 3.05) is 14.2 Å². The number of hydrogen-bond donors (Lipinski definition) is 0. The van der Waals surface area contributed by atoms with Crippen molar-refractivity contribution in [3.8, 4) is 0 Å². The fourth-order valence-electron chi connectivity index (χ4n) is 3.23. The average molecular weight is 429 g/mol. The minimum Gasteiger partial charge on any atom is -0.468 e. The molecule has 0 N–H and O–H groups in total. The number of ether oxygens (including phenoxy) is 2. The highest BCUT2D eigenvalue weighted by Crippen LogP contribution is 2.43. The summed E-state index contributed by atoms with van der Waals surface area (Å²) in [6.07, 6.45) is 0.251. The minimum atomic E-state index is -1.01. The largest absolute Gasteiger partial charge is 0.468 e. The van der Waals surface area contributed by atoms with Crippen LogP contribution in [0.3, 0.4) is 0 Å². The van der Waals surface area contributed by atoms with E-state index in [1.807, 2.05) is 66.7 Å². The lowest BCUT2D eigenvalue weighted by Gasteiger charge is -2.22. The summed E-state index contributed by atoms with van der Waals surface area (Å²) < 4.78 is 9.72. The van der Waals surface area contributed by atoms with E-state index < -0.39 is 17.9 Å². The predicted molar refractivity (Wildman–Crippen MR) is 116 cm³/mol. The lowest BCUT2D eigenvalue weighted by molar-refractivity contribution is -0.159. The van der Waals surface area contributed by atoms with E-state index in [1.54, 1.807) is 11.8 Å². The third-order valence-electron chi connectivity index (χ3n) is 4.68. The predicted octanol–water partition coefficient (Wildman–Crippen LogP) is 5.68. The van der Waals surface area contributed by atoms with Crippen LogP contribution in [0.25, 0.3) is 10.8 Å². The normalized spacial score (nSPS) is 12.0. The first kappa shape index (κ1) is 21.2. The lowest BCUT2D eigenvalue weighted by Crippen LogP contribution is -2.28. The molecule has 3 aromatic carbocycles. The number of rotatable bonds is 7. The molecule has 0 bridgehead atoms. The van der Waals surface area contributed by atoms with Gasteiger partial charge in [-0.3, -0.25) is 9.59 Å². The average Bonchev–Trinajstić information content (AvgIpc) is 2.76. The highest BCUT2D eigenvalue weighted by molar-refractivity contribution is 7.99. The zero-order valence-electron chi connectivity index (χ0n) is 16.1. The van der Waals surface area contributed by atoms with Crippen molar-refractivity contribution in [2.24, 2.45) is 5.92 Å². The standard InChI is InChI=1S/C23H21ClO4S/c1-27-22(25)20(23(26)28-2)14-21(29-17-12-10-16(24)11-13-17)19-9-5-7-15-6-3-4-8-18(15)19/h3-13,20-21H,14H2,1-2H3. The molecule has 0 fully saturated rings. The Labute approximate surface area is 179 Å². The third-order valence-corrected chi connectivity index (χ3v) is 6.21. The van der Waals surface area contributed by atoms with Gasteiger partial charge < -0.3 is 9.47 Å². The van der Waals surface area contributed by atoms with Crippen LogP contribution in [0.5, 0.6) is 0 Å². The molecule has 4 nitrogen and oxygen atoms in total. The van der Waals surface area contributed by atoms with Crippen molar-refractivity contribution in [3.05, 3.63) is 77.3 Å². The van der Waals surface area contributed by atoms with Crippen LogP contribution in [0.1, 0.15) is 17.2 Å². The molecule has 150 valence electrons. The Balaban J connectivity index is 2.04. The number of thioether (sulfide) groups is 1. The molecule has 0 aliphatic heterocycles. The van der Waals surface area contributed by atoms with Crippen molar-refractivity contribution in [1.82, 2.24) is 0 Å². The number of halogens is 1. The van der Waals surface area contributed by atoms with Crippen LogP contribution in [0.4, 0.5) is 0 Å². The lowest BCUT2D eigenvalue weighted by atomic mass is 9.95. The Hall–Kier alpha value is -2.50. The molecule has 3 rings (SSSR count). The summed E-state index contributed by atoms with van der Waals surface area (Å²) in [6, 6.07) is 21.6. The first-order valence-corrected chi connectivity index (χ1v) is 10.3. The Kier molecular flexibility index (Phi) is 7.18. The summed E-state index contributed by atoms with van der Waals surface area (Å²) in [6.45, 7) is 0. The Morgan fingerprint density at radius 2 is 1.52 bits per heavy atom. The number of benzene rings is 3. The van der Waals surface area contributed by atoms with E-state index >= 15 is 0 Å². The fourth-order valence-corrected chi connectivity index (χ4v) is 4.60. The van der Waals surface area contributed by atoms with Gasteiger partial charge in [-0.25, -0.2) is 0 Å². The number of methoxy groups -OCH3 is 2. The van der Waals surface area contributed by atoms with E-state index in [4.69, 9.17) is 21.1 Å². The second-order valence-corrected chi connectivity index (χ2v) is 8.18. The highest BCUT2D eigenvalue weighted by atomic mass is 35.5. The first-order chi connectivity index (χ1) is 14.0. The van der Waals surface area contributed by atoms with E-state index in [9.17, 15) is 9.59 Å². The van der Waals surface area contributed by atoms with E-state index in [2.05, 4.69) is 0 Å². The molecular formula is C23H21ClO4S. The summed E-state index contributed by atoms with van der Waals surface area (Å²) in [5.74, 6) is -2.20. The first-order valence-electron chi connectivity index (χ1n) is 9.09. The van der Waals surface area contributed by atoms with Gasteiger partial charge in [-0.2, -0.15) is 0 Å². The summed E-state index contributed by atoms with van der Waals surface area (Å²) in [5, 5.41) is 2.65. The molecule has 0 amide bonds. The maximum absolute atomic E-state index is 12.3. The van der Waals surface area contributed by atoms with Crippen molar-refractivity contribution in [2.45, 2.75) is 16.6 Å². The van der Waals surface area contributed by atoms with E-state index in [0.29, 0.717) is 5.02 Å². The van der Waals surface area contributed by atoms with Gasteiger partial charge in [0.05, 0.1) is 14.2 Å². The van der Waals surface area contributed by atoms with Crippen LogP contribution in [0, 0.1) is 5.92 Å². The molecule has 0 saturated carbocycles. The maximum atomic E-state index is 12.3. The molecule has 1 atom stereocenters. The van der Waals surface area contributed by atoms with Crippen molar-refractivity contribution in [3.63, 3.8) is 0 Å². The molecular weight excluding hydrogens is 408 g/mol. The van der Waals surface area contributed by atoms with E-state index in [1.165, 1.54) is 14.2 Å². The molecule has 29 heavy (non-hydrogen) atoms. The monoisotopic (exact) mass is 428 g/mol. The van der Waals surface area contributed by atoms with Gasteiger partial charge in [-0.1, -0.05) is 54.1 Å². The van der Waals surface area contributed by atoms with Gasteiger partial charge in [-0.05, 0) is 47.0 Å². The highest BCUT2D eigenvalue weighted by Gasteiger charge is 2.33. The quantitative estimate of drug-likeness (QED) is 0.275. The fraction of sp³-hybridized carbons (Fsp3) is 0.217. The smallest absolute Gasteiger partial charge is 0.320 e. The van der Waals surface area contributed by atoms with Crippen LogP contribution in [0.2, 0.25) is 5.02 Å². The van der Waals surface area contributed by atoms with E-state index in [-0.39, 0.29) is 11.7 Å². The molecule has 1 unspecified atom stereocenters. The molecule has 0 aromatic heterocycles. The minimum absolute atomic E-state index is 0.175. The van der Waals surface area contributed by atoms with Gasteiger partial charge in [0.2, 0.25) is 0 Å². The molecule has 6 heteroatoms. The molecule has 0 heterocycles. The number of fused-ring (bicyclic) bond motifs is 1. The van der Waals surface area contributed by atoms with Gasteiger partial charge in [0.25, 0.3) is 0 Å². The van der Waals surface area contributed by atoms with Crippen LogP contribution in [-0.2, 0) is 19.1 Å². The second-order valence-electron chi connectivity index (χ2n) is 6.46. The Morgan fingerprint density at radius 3 is 2.17 bits per heavy atom. The zero-order chi connectivity index (χ0) is 20.8. The summed E-state index contributed by atoms with van der Waals surface area (Å²) in [7, 11) is 2.55. The Morgan fingerprint density at radius 1 is 0.897 bits per heavy atom. The van der Waals surface area contributed by atoms with Crippen LogP contribution in [0.15, 0.2) is 71.6 Å². The van der Waals surface area contributed by atoms with Gasteiger partial charge in [0.1, 0.15) is 0 Å². The molecule has 0 aliphatic rings. The summed E-state index contributed by atoms with van der Waals surface area (Å²) in [4.78, 5) is 25.6. The van der Waals surface area contributed by atoms with Crippen LogP contribution in [-0.4, -0.2) is 26.2 Å². The van der Waals surface area contributed by atoms with Crippen molar-refractivity contribution < 1.29 is 19.1 Å². The van der Waals surface area contributed by atoms with Gasteiger partial charge in [0, 0.05) is 15.2 Å². The third kappa shape index (κ3) is 5.11. The summed E-state index contributed by atoms with van der Waals surface area (Å²) >= 11 is 7.59. The van der Waals surface area contributed by atoms with Gasteiger partial charge in [0.15, 0.2) is 5.92 Å². The number of hydrogen-bond acceptors (Lipinski definition) is 5. The number of carbonyl (C=O) groups excluding carboxylic acids is 2. The molecule has 0 spiro atoms. The Bertz CT molecular complexity index is 982. The van der Waals surface area contributed by atoms with Gasteiger partial charge >= 0.3 is 11.9 Å². The van der Waals surface area contributed by atoms with Crippen molar-refractivity contribution >= 4 is 46.1 Å². The molecule has 0 aliphatic carbocycles.